The van der Waals surface area contributed by atoms with E-state index in [4.69, 9.17) is 4.74 Å². The Bertz CT molecular complexity index is 942. The highest BCUT2D eigenvalue weighted by Crippen LogP contribution is 2.36. The van der Waals surface area contributed by atoms with Crippen LogP contribution in [0, 0.1) is 18.6 Å². The van der Waals surface area contributed by atoms with E-state index < -0.39 is 41.7 Å². The van der Waals surface area contributed by atoms with Gasteiger partial charge < -0.3 is 19.5 Å². The lowest BCUT2D eigenvalue weighted by molar-refractivity contribution is -0.0181. The number of hydrogen-bond donors (Lipinski definition) is 2. The third-order valence-corrected chi connectivity index (χ3v) is 4.85. The summed E-state index contributed by atoms with van der Waals surface area (Å²) in [5.74, 6) is -2.27. The zero-order valence-corrected chi connectivity index (χ0v) is 13.9. The highest BCUT2D eigenvalue weighted by atomic mass is 19.1. The van der Waals surface area contributed by atoms with E-state index in [1.807, 2.05) is 13.0 Å². The van der Waals surface area contributed by atoms with Crippen LogP contribution in [0.1, 0.15) is 18.2 Å². The standard InChI is InChI=1S/C18H17F2N3O3/c1-9-10-5-6-23(18(10)22-8-21-9)13-7-14(16(25)15(13)24)26-17-11(19)3-2-4-12(17)20/h2-6,8,13-16,24-25H,7H2,1H3/t13-,14+,15+,16-/m1/s1. The van der Waals surface area contributed by atoms with Crippen LogP contribution in [0.2, 0.25) is 0 Å². The second-order valence-corrected chi connectivity index (χ2v) is 6.41. The van der Waals surface area contributed by atoms with Crippen LogP contribution >= 0.6 is 0 Å². The predicted octanol–water partition coefficient (Wildman–Crippen LogP) is 2.13. The molecule has 0 unspecified atom stereocenters. The number of ether oxygens (including phenoxy) is 1. The number of aliphatic hydroxyl groups is 2. The molecule has 0 bridgehead atoms. The lowest BCUT2D eigenvalue weighted by Gasteiger charge is -2.19. The van der Waals surface area contributed by atoms with Gasteiger partial charge in [-0.25, -0.2) is 18.7 Å². The highest BCUT2D eigenvalue weighted by Gasteiger charge is 2.45. The number of rotatable bonds is 3. The van der Waals surface area contributed by atoms with E-state index in [1.165, 1.54) is 12.4 Å². The first-order valence-corrected chi connectivity index (χ1v) is 8.22. The van der Waals surface area contributed by atoms with E-state index in [1.54, 1.807) is 10.8 Å². The highest BCUT2D eigenvalue weighted by molar-refractivity contribution is 5.78. The van der Waals surface area contributed by atoms with Crippen molar-refractivity contribution in [1.82, 2.24) is 14.5 Å². The summed E-state index contributed by atoms with van der Waals surface area (Å²) in [5.41, 5.74) is 1.41. The molecule has 4 rings (SSSR count). The van der Waals surface area contributed by atoms with Gasteiger partial charge in [0.25, 0.3) is 0 Å². The maximum absolute atomic E-state index is 13.8. The molecule has 26 heavy (non-hydrogen) atoms. The van der Waals surface area contributed by atoms with Crippen LogP contribution in [0.25, 0.3) is 11.0 Å². The molecule has 1 aromatic carbocycles. The van der Waals surface area contributed by atoms with Crippen molar-refractivity contribution in [2.45, 2.75) is 37.7 Å². The third kappa shape index (κ3) is 2.62. The number of benzene rings is 1. The molecule has 3 aromatic rings. The lowest BCUT2D eigenvalue weighted by Crippen LogP contribution is -2.34. The molecule has 2 heterocycles. The number of aromatic nitrogens is 3. The Hall–Kier alpha value is -2.58. The van der Waals surface area contributed by atoms with Gasteiger partial charge in [-0.2, -0.15) is 0 Å². The quantitative estimate of drug-likeness (QED) is 0.747. The first-order chi connectivity index (χ1) is 12.5. The largest absolute Gasteiger partial charge is 0.481 e. The van der Waals surface area contributed by atoms with Crippen LogP contribution in [0.5, 0.6) is 5.75 Å². The van der Waals surface area contributed by atoms with Gasteiger partial charge in [0, 0.05) is 18.0 Å². The molecule has 8 heteroatoms. The van der Waals surface area contributed by atoms with Crippen LogP contribution in [-0.4, -0.2) is 43.1 Å². The van der Waals surface area contributed by atoms with Gasteiger partial charge in [0.05, 0.1) is 11.7 Å². The molecule has 0 saturated heterocycles. The van der Waals surface area contributed by atoms with E-state index in [0.29, 0.717) is 5.65 Å². The predicted molar refractivity (Wildman–Crippen MR) is 88.7 cm³/mol. The molecular weight excluding hydrogens is 344 g/mol. The number of halogens is 2. The molecule has 0 amide bonds. The minimum Gasteiger partial charge on any atom is -0.481 e. The molecule has 4 atom stereocenters. The second kappa shape index (κ2) is 6.30. The first-order valence-electron chi connectivity index (χ1n) is 8.22. The Labute approximate surface area is 147 Å². The maximum atomic E-state index is 13.8. The van der Waals surface area contributed by atoms with E-state index in [2.05, 4.69) is 9.97 Å². The Morgan fingerprint density at radius 2 is 1.85 bits per heavy atom. The van der Waals surface area contributed by atoms with Crippen LogP contribution in [0.15, 0.2) is 36.8 Å². The van der Waals surface area contributed by atoms with Crippen molar-refractivity contribution >= 4 is 11.0 Å². The molecule has 1 fully saturated rings. The lowest BCUT2D eigenvalue weighted by atomic mass is 10.2. The summed E-state index contributed by atoms with van der Waals surface area (Å²) in [5, 5.41) is 21.6. The minimum atomic E-state index is -1.29. The average Bonchev–Trinajstić information content (AvgIpc) is 3.15. The molecule has 1 saturated carbocycles. The molecule has 2 N–H and O–H groups in total. The van der Waals surface area contributed by atoms with Crippen LogP contribution in [0.4, 0.5) is 8.78 Å². The first kappa shape index (κ1) is 16.9. The van der Waals surface area contributed by atoms with Gasteiger partial charge in [-0.1, -0.05) is 6.07 Å². The van der Waals surface area contributed by atoms with Crippen molar-refractivity contribution in [3.63, 3.8) is 0 Å². The van der Waals surface area contributed by atoms with Crippen molar-refractivity contribution in [2.75, 3.05) is 0 Å². The summed E-state index contributed by atoms with van der Waals surface area (Å²) in [6.07, 6.45) is -0.0711. The van der Waals surface area contributed by atoms with Crippen molar-refractivity contribution in [3.8, 4) is 5.75 Å². The molecule has 2 aromatic heterocycles. The molecule has 0 aliphatic heterocycles. The average molecular weight is 361 g/mol. The van der Waals surface area contributed by atoms with Gasteiger partial charge in [0.15, 0.2) is 17.4 Å². The van der Waals surface area contributed by atoms with Gasteiger partial charge in [0.2, 0.25) is 0 Å². The number of nitrogens with zero attached hydrogens (tertiary/aromatic N) is 3. The van der Waals surface area contributed by atoms with Crippen molar-refractivity contribution in [2.24, 2.45) is 0 Å². The fraction of sp³-hybridized carbons (Fsp3) is 0.333. The maximum Gasteiger partial charge on any atom is 0.191 e. The Balaban J connectivity index is 1.65. The molecule has 0 spiro atoms. The van der Waals surface area contributed by atoms with Gasteiger partial charge in [-0.05, 0) is 25.1 Å². The van der Waals surface area contributed by atoms with Gasteiger partial charge >= 0.3 is 0 Å². The summed E-state index contributed by atoms with van der Waals surface area (Å²) >= 11 is 0. The molecule has 0 radical (unpaired) electrons. The smallest absolute Gasteiger partial charge is 0.191 e. The number of fused-ring (bicyclic) bond motifs is 1. The van der Waals surface area contributed by atoms with Crippen molar-refractivity contribution < 1.29 is 23.7 Å². The SMILES string of the molecule is Cc1ncnc2c1ccn2[C@@H]1C[C@H](Oc2c(F)cccc2F)[C@@H](O)[C@H]1O. The number of aliphatic hydroxyl groups excluding tert-OH is 2. The molecule has 136 valence electrons. The molecule has 1 aliphatic rings. The summed E-state index contributed by atoms with van der Waals surface area (Å²) < 4.78 is 34.8. The third-order valence-electron chi connectivity index (χ3n) is 4.85. The van der Waals surface area contributed by atoms with Gasteiger partial charge in [-0.15, -0.1) is 0 Å². The normalized spacial score (nSPS) is 25.7. The van der Waals surface area contributed by atoms with Crippen molar-refractivity contribution in [3.05, 3.63) is 54.1 Å². The summed E-state index contributed by atoms with van der Waals surface area (Å²) in [6.45, 7) is 1.85. The van der Waals surface area contributed by atoms with Crippen LogP contribution in [-0.2, 0) is 0 Å². The van der Waals surface area contributed by atoms with Gasteiger partial charge in [0.1, 0.15) is 30.3 Å². The topological polar surface area (TPSA) is 80.4 Å². The zero-order valence-electron chi connectivity index (χ0n) is 13.9. The van der Waals surface area contributed by atoms with E-state index in [0.717, 1.165) is 23.2 Å². The monoisotopic (exact) mass is 361 g/mol. The fourth-order valence-electron chi connectivity index (χ4n) is 3.47. The summed E-state index contributed by atoms with van der Waals surface area (Å²) in [6, 6.07) is 4.67. The number of hydrogen-bond acceptors (Lipinski definition) is 5. The Kier molecular flexibility index (Phi) is 4.08. The summed E-state index contributed by atoms with van der Waals surface area (Å²) in [4.78, 5) is 8.37. The minimum absolute atomic E-state index is 0.170. The molecular formula is C18H17F2N3O3. The zero-order chi connectivity index (χ0) is 18.4. The van der Waals surface area contributed by atoms with E-state index >= 15 is 0 Å². The molecule has 6 nitrogen and oxygen atoms in total. The van der Waals surface area contributed by atoms with Crippen LogP contribution in [0.3, 0.4) is 0 Å². The second-order valence-electron chi connectivity index (χ2n) is 6.41. The Morgan fingerprint density at radius 3 is 2.58 bits per heavy atom. The van der Waals surface area contributed by atoms with Crippen LogP contribution < -0.4 is 4.74 Å². The fourth-order valence-corrected chi connectivity index (χ4v) is 3.47. The summed E-state index contributed by atoms with van der Waals surface area (Å²) in [7, 11) is 0. The van der Waals surface area contributed by atoms with Gasteiger partial charge in [-0.3, -0.25) is 0 Å². The van der Waals surface area contributed by atoms with Crippen molar-refractivity contribution in [1.29, 1.82) is 0 Å². The number of aryl methyl sites for hydroxylation is 1. The van der Waals surface area contributed by atoms with E-state index in [9.17, 15) is 19.0 Å². The molecule has 1 aliphatic carbocycles. The van der Waals surface area contributed by atoms with E-state index in [-0.39, 0.29) is 6.42 Å². The number of para-hydroxylation sites is 1. The Morgan fingerprint density at radius 1 is 1.12 bits per heavy atom.